The number of nitrogens with zero attached hydrogens (tertiary/aromatic N) is 2. The Morgan fingerprint density at radius 1 is 1.47 bits per heavy atom. The van der Waals surface area contributed by atoms with E-state index in [9.17, 15) is 0 Å². The summed E-state index contributed by atoms with van der Waals surface area (Å²) in [6, 6.07) is 7.90. The molecule has 3 nitrogen and oxygen atoms in total. The van der Waals surface area contributed by atoms with Gasteiger partial charge in [-0.3, -0.25) is 0 Å². The third-order valence-corrected chi connectivity index (χ3v) is 2.57. The normalized spacial score (nSPS) is 11.1. The van der Waals surface area contributed by atoms with Gasteiger partial charge in [-0.2, -0.15) is 5.26 Å². The molecule has 0 atom stereocenters. The minimum atomic E-state index is 0.644. The molecule has 0 aliphatic rings. The van der Waals surface area contributed by atoms with E-state index in [1.165, 1.54) is 0 Å². The second-order valence-corrected chi connectivity index (χ2v) is 4.00. The maximum absolute atomic E-state index is 8.95. The van der Waals surface area contributed by atoms with Crippen molar-refractivity contribution in [2.75, 3.05) is 6.61 Å². The molecule has 17 heavy (non-hydrogen) atoms. The molecular weight excluding hydrogens is 212 g/mol. The van der Waals surface area contributed by atoms with Crippen molar-refractivity contribution in [1.29, 1.82) is 5.26 Å². The molecule has 0 amide bonds. The summed E-state index contributed by atoms with van der Waals surface area (Å²) in [5, 5.41) is 13.0. The Labute approximate surface area is 103 Å². The van der Waals surface area contributed by atoms with Crippen molar-refractivity contribution in [2.24, 2.45) is 5.16 Å². The molecule has 0 fully saturated rings. The van der Waals surface area contributed by atoms with Crippen molar-refractivity contribution in [3.8, 4) is 6.07 Å². The minimum absolute atomic E-state index is 0.644. The van der Waals surface area contributed by atoms with Gasteiger partial charge < -0.3 is 4.84 Å². The lowest BCUT2D eigenvalue weighted by molar-refractivity contribution is 0.141. The fraction of sp³-hybridized carbons (Fsp3) is 0.429. The lowest BCUT2D eigenvalue weighted by Gasteiger charge is -2.04. The zero-order valence-electron chi connectivity index (χ0n) is 10.7. The van der Waals surface area contributed by atoms with Gasteiger partial charge in [-0.25, -0.2) is 0 Å². The van der Waals surface area contributed by atoms with E-state index in [4.69, 9.17) is 10.1 Å². The molecule has 0 aliphatic heterocycles. The molecule has 0 aromatic heterocycles. The lowest BCUT2D eigenvalue weighted by atomic mass is 10.0. The highest BCUT2D eigenvalue weighted by Gasteiger charge is 2.02. The fourth-order valence-corrected chi connectivity index (χ4v) is 1.37. The monoisotopic (exact) mass is 230 g/mol. The molecule has 1 rings (SSSR count). The van der Waals surface area contributed by atoms with E-state index in [1.807, 2.05) is 32.0 Å². The van der Waals surface area contributed by atoms with Gasteiger partial charge in [-0.15, -0.1) is 0 Å². The molecule has 0 unspecified atom stereocenters. The molecule has 1 aromatic rings. The second-order valence-electron chi connectivity index (χ2n) is 4.00. The number of benzene rings is 1. The number of aryl methyl sites for hydroxylation is 1. The van der Waals surface area contributed by atoms with Crippen LogP contribution in [0.2, 0.25) is 0 Å². The van der Waals surface area contributed by atoms with Crippen molar-refractivity contribution in [3.63, 3.8) is 0 Å². The SMILES string of the molecule is CCCCO/N=C(\C)c1ccc(C)c(C#N)c1. The predicted octanol–water partition coefficient (Wildman–Crippen LogP) is 3.41. The quantitative estimate of drug-likeness (QED) is 0.442. The van der Waals surface area contributed by atoms with Crippen molar-refractivity contribution in [3.05, 3.63) is 34.9 Å². The molecule has 90 valence electrons. The van der Waals surface area contributed by atoms with Gasteiger partial charge in [0.25, 0.3) is 0 Å². The van der Waals surface area contributed by atoms with Crippen LogP contribution in [0.5, 0.6) is 0 Å². The van der Waals surface area contributed by atoms with Gasteiger partial charge in [0.15, 0.2) is 0 Å². The average Bonchev–Trinajstić information content (AvgIpc) is 2.35. The molecule has 0 bridgehead atoms. The van der Waals surface area contributed by atoms with E-state index in [0.29, 0.717) is 12.2 Å². The fourth-order valence-electron chi connectivity index (χ4n) is 1.37. The molecule has 0 heterocycles. The number of hydrogen-bond donors (Lipinski definition) is 0. The Kier molecular flexibility index (Phi) is 5.22. The summed E-state index contributed by atoms with van der Waals surface area (Å²) in [5.74, 6) is 0. The van der Waals surface area contributed by atoms with Gasteiger partial charge in [0.05, 0.1) is 17.3 Å². The molecule has 0 spiro atoms. The number of rotatable bonds is 5. The van der Waals surface area contributed by atoms with Crippen LogP contribution < -0.4 is 0 Å². The minimum Gasteiger partial charge on any atom is -0.396 e. The summed E-state index contributed by atoms with van der Waals surface area (Å²) in [4.78, 5) is 5.20. The average molecular weight is 230 g/mol. The highest BCUT2D eigenvalue weighted by molar-refractivity contribution is 5.98. The van der Waals surface area contributed by atoms with Crippen LogP contribution in [0.4, 0.5) is 0 Å². The highest BCUT2D eigenvalue weighted by atomic mass is 16.6. The van der Waals surface area contributed by atoms with Gasteiger partial charge in [0, 0.05) is 5.56 Å². The Morgan fingerprint density at radius 3 is 2.88 bits per heavy atom. The Morgan fingerprint density at radius 2 is 2.24 bits per heavy atom. The Hall–Kier alpha value is -1.82. The third-order valence-electron chi connectivity index (χ3n) is 2.57. The van der Waals surface area contributed by atoms with E-state index < -0.39 is 0 Å². The van der Waals surface area contributed by atoms with Gasteiger partial charge >= 0.3 is 0 Å². The van der Waals surface area contributed by atoms with Crippen LogP contribution in [0.1, 0.15) is 43.4 Å². The summed E-state index contributed by atoms with van der Waals surface area (Å²) in [7, 11) is 0. The van der Waals surface area contributed by atoms with Crippen LogP contribution in [0, 0.1) is 18.3 Å². The summed E-state index contributed by atoms with van der Waals surface area (Å²) in [6.45, 7) is 6.56. The van der Waals surface area contributed by atoms with Crippen LogP contribution in [0.3, 0.4) is 0 Å². The number of oxime groups is 1. The van der Waals surface area contributed by atoms with Crippen LogP contribution in [0.15, 0.2) is 23.4 Å². The summed E-state index contributed by atoms with van der Waals surface area (Å²) in [5.41, 5.74) is 3.41. The first-order valence-corrected chi connectivity index (χ1v) is 5.86. The molecular formula is C14H18N2O. The highest BCUT2D eigenvalue weighted by Crippen LogP contribution is 2.11. The van der Waals surface area contributed by atoms with Gasteiger partial charge in [-0.05, 0) is 31.9 Å². The summed E-state index contributed by atoms with van der Waals surface area (Å²) >= 11 is 0. The summed E-state index contributed by atoms with van der Waals surface area (Å²) < 4.78 is 0. The van der Waals surface area contributed by atoms with Crippen molar-refractivity contribution >= 4 is 5.71 Å². The first-order valence-electron chi connectivity index (χ1n) is 5.86. The molecule has 0 radical (unpaired) electrons. The van der Waals surface area contributed by atoms with Crippen LogP contribution in [0.25, 0.3) is 0 Å². The Balaban J connectivity index is 2.75. The number of nitriles is 1. The van der Waals surface area contributed by atoms with Crippen molar-refractivity contribution in [1.82, 2.24) is 0 Å². The topological polar surface area (TPSA) is 45.4 Å². The van der Waals surface area contributed by atoms with Crippen LogP contribution in [-0.2, 0) is 4.84 Å². The zero-order chi connectivity index (χ0) is 12.7. The molecule has 3 heteroatoms. The van der Waals surface area contributed by atoms with E-state index in [2.05, 4.69) is 18.1 Å². The van der Waals surface area contributed by atoms with Crippen LogP contribution >= 0.6 is 0 Å². The van der Waals surface area contributed by atoms with Crippen molar-refractivity contribution in [2.45, 2.75) is 33.6 Å². The number of unbranched alkanes of at least 4 members (excludes halogenated alkanes) is 1. The second kappa shape index (κ2) is 6.70. The standard InChI is InChI=1S/C14H18N2O/c1-4-5-8-17-16-12(3)13-7-6-11(2)14(9-13)10-15/h6-7,9H,4-5,8H2,1-3H3/b16-12+. The smallest absolute Gasteiger partial charge is 0.117 e. The Bertz CT molecular complexity index is 444. The van der Waals surface area contributed by atoms with E-state index in [-0.39, 0.29) is 0 Å². The molecule has 1 aromatic carbocycles. The lowest BCUT2D eigenvalue weighted by Crippen LogP contribution is -1.98. The van der Waals surface area contributed by atoms with Crippen molar-refractivity contribution < 1.29 is 4.84 Å². The molecule has 0 N–H and O–H groups in total. The van der Waals surface area contributed by atoms with E-state index in [0.717, 1.165) is 29.7 Å². The van der Waals surface area contributed by atoms with Gasteiger partial charge in [-0.1, -0.05) is 30.6 Å². The van der Waals surface area contributed by atoms with Gasteiger partial charge in [0.1, 0.15) is 6.61 Å². The number of hydrogen-bond acceptors (Lipinski definition) is 3. The van der Waals surface area contributed by atoms with E-state index in [1.54, 1.807) is 0 Å². The zero-order valence-corrected chi connectivity index (χ0v) is 10.7. The predicted molar refractivity (Wildman–Crippen MR) is 69.0 cm³/mol. The van der Waals surface area contributed by atoms with E-state index >= 15 is 0 Å². The first-order chi connectivity index (χ1) is 8.19. The third kappa shape index (κ3) is 3.92. The maximum Gasteiger partial charge on any atom is 0.117 e. The summed E-state index contributed by atoms with van der Waals surface area (Å²) in [6.07, 6.45) is 2.10. The van der Waals surface area contributed by atoms with Gasteiger partial charge in [0.2, 0.25) is 0 Å². The maximum atomic E-state index is 8.95. The largest absolute Gasteiger partial charge is 0.396 e. The molecule has 0 saturated carbocycles. The molecule has 0 aliphatic carbocycles. The molecule has 0 saturated heterocycles. The van der Waals surface area contributed by atoms with Crippen LogP contribution in [-0.4, -0.2) is 12.3 Å². The first kappa shape index (κ1) is 13.2.